The number of benzene rings is 2. The lowest BCUT2D eigenvalue weighted by molar-refractivity contribution is -0.563. The molecule has 0 radical (unpaired) electrons. The molecule has 0 bridgehead atoms. The number of halogens is 1. The fraction of sp³-hybridized carbons (Fsp3) is 0.0800. The van der Waals surface area contributed by atoms with Crippen molar-refractivity contribution < 1.29 is 27.0 Å². The maximum atomic E-state index is 13.4. The van der Waals surface area contributed by atoms with Gasteiger partial charge in [0.2, 0.25) is 6.20 Å². The minimum absolute atomic E-state index is 0.223. The molecule has 4 rings (SSSR count). The molecule has 12 heteroatoms. The number of carbonyl (C=O) groups excluding carboxylic acids is 2. The van der Waals surface area contributed by atoms with Crippen LogP contribution in [0.3, 0.4) is 0 Å². The van der Waals surface area contributed by atoms with Gasteiger partial charge in [-0.2, -0.15) is 0 Å². The molecule has 1 atom stereocenters. The minimum Gasteiger partial charge on any atom is -0.457 e. The van der Waals surface area contributed by atoms with Crippen LogP contribution < -0.4 is 24.3 Å². The van der Waals surface area contributed by atoms with E-state index in [1.54, 1.807) is 42.5 Å². The third-order valence-corrected chi connectivity index (χ3v) is 6.58. The van der Waals surface area contributed by atoms with Crippen LogP contribution in [0.2, 0.25) is 0 Å². The summed E-state index contributed by atoms with van der Waals surface area (Å²) in [6.45, 7) is 0. The van der Waals surface area contributed by atoms with Crippen LogP contribution in [0, 0.1) is 5.82 Å². The Balaban J connectivity index is 1.53. The van der Waals surface area contributed by atoms with Gasteiger partial charge in [0, 0.05) is 31.3 Å². The lowest BCUT2D eigenvalue weighted by Gasteiger charge is -2.08. The third kappa shape index (κ3) is 6.68. The van der Waals surface area contributed by atoms with E-state index in [0.29, 0.717) is 33.2 Å². The van der Waals surface area contributed by atoms with E-state index in [9.17, 15) is 18.2 Å². The van der Waals surface area contributed by atoms with Crippen molar-refractivity contribution in [3.05, 3.63) is 90.1 Å². The van der Waals surface area contributed by atoms with Crippen LogP contribution in [0.25, 0.3) is 10.4 Å². The van der Waals surface area contributed by atoms with Gasteiger partial charge in [0.05, 0.1) is 9.71 Å². The Kier molecular flexibility index (Phi) is 7.50. The number of nitrogens with zero attached hydrogens (tertiary/aromatic N) is 2. The Bertz CT molecular complexity index is 1550. The Labute approximate surface area is 217 Å². The first kappa shape index (κ1) is 25.8. The molecular formula is C25H23FN5O4S2+. The topological polar surface area (TPSA) is 113 Å². The van der Waals surface area contributed by atoms with Gasteiger partial charge < -0.3 is 15.4 Å². The molecule has 2 heterocycles. The van der Waals surface area contributed by atoms with Gasteiger partial charge in [-0.1, -0.05) is 12.1 Å². The summed E-state index contributed by atoms with van der Waals surface area (Å²) in [4.78, 5) is 32.2. The molecule has 0 aliphatic carbocycles. The van der Waals surface area contributed by atoms with E-state index >= 15 is 0 Å². The first-order chi connectivity index (χ1) is 17.6. The van der Waals surface area contributed by atoms with Crippen molar-refractivity contribution in [2.75, 3.05) is 23.5 Å². The normalized spacial score (nSPS) is 12.3. The summed E-state index contributed by atoms with van der Waals surface area (Å²) in [5, 5.41) is 5.33. The molecule has 1 unspecified atom stereocenters. The number of amides is 2. The molecule has 0 fully saturated rings. The van der Waals surface area contributed by atoms with E-state index in [1.807, 2.05) is 0 Å². The average molecular weight is 541 g/mol. The Morgan fingerprint density at radius 3 is 2.41 bits per heavy atom. The standard InChI is InChI=1S/C25H22FN5O4S2/c1-27-25(33)22-14-20(12-13-28-22)35-19-10-8-18(9-11-19)29-24(32)21-15-31(30-37(2,3)34)36-23(21)16-4-6-17(26)7-5-16/h4-15H,2H2,1,3H3,(H2-,27,29,30,32,33,34)/p+1. The summed E-state index contributed by atoms with van der Waals surface area (Å²) in [7, 11) is -1.09. The van der Waals surface area contributed by atoms with Gasteiger partial charge in [-0.3, -0.25) is 14.6 Å². The second kappa shape index (κ2) is 10.8. The Morgan fingerprint density at radius 2 is 1.76 bits per heavy atom. The number of hydrogen-bond donors (Lipinski definition) is 3. The van der Waals surface area contributed by atoms with Crippen LogP contribution in [-0.2, 0) is 9.71 Å². The van der Waals surface area contributed by atoms with Gasteiger partial charge in [-0.25, -0.2) is 8.60 Å². The van der Waals surface area contributed by atoms with Crippen molar-refractivity contribution >= 4 is 44.6 Å². The molecule has 190 valence electrons. The minimum atomic E-state index is -2.60. The number of anilines is 1. The number of pyridine rings is 1. The molecule has 2 aromatic heterocycles. The smallest absolute Gasteiger partial charge is 0.269 e. The molecule has 2 aromatic carbocycles. The van der Waals surface area contributed by atoms with E-state index < -0.39 is 21.4 Å². The van der Waals surface area contributed by atoms with Crippen LogP contribution >= 0.6 is 11.5 Å². The fourth-order valence-corrected chi connectivity index (χ4v) is 5.12. The van der Waals surface area contributed by atoms with Crippen molar-refractivity contribution in [3.63, 3.8) is 0 Å². The number of nitrogens with one attached hydrogen (secondary N) is 3. The number of carbonyl (C=O) groups is 2. The Morgan fingerprint density at radius 1 is 1.05 bits per heavy atom. The number of hydrogen-bond acceptors (Lipinski definition) is 6. The van der Waals surface area contributed by atoms with E-state index in [0.717, 1.165) is 11.5 Å². The second-order valence-electron chi connectivity index (χ2n) is 7.93. The zero-order chi connectivity index (χ0) is 26.6. The lowest BCUT2D eigenvalue weighted by atomic mass is 10.1. The summed E-state index contributed by atoms with van der Waals surface area (Å²) in [5.41, 5.74) is 1.65. The van der Waals surface area contributed by atoms with Crippen molar-refractivity contribution in [1.29, 1.82) is 0 Å². The average Bonchev–Trinajstić information content (AvgIpc) is 3.27. The van der Waals surface area contributed by atoms with Crippen LogP contribution in [0.15, 0.2) is 73.1 Å². The molecular weight excluding hydrogens is 517 g/mol. The Hall–Kier alpha value is -4.29. The number of rotatable bonds is 8. The zero-order valence-electron chi connectivity index (χ0n) is 19.9. The maximum Gasteiger partial charge on any atom is 0.269 e. The van der Waals surface area contributed by atoms with E-state index in [4.69, 9.17) is 4.74 Å². The lowest BCUT2D eigenvalue weighted by Crippen LogP contribution is -2.44. The van der Waals surface area contributed by atoms with Gasteiger partial charge in [-0.15, -0.1) is 4.83 Å². The summed E-state index contributed by atoms with van der Waals surface area (Å²) < 4.78 is 32.8. The molecule has 3 N–H and O–H groups in total. The predicted octanol–water partition coefficient (Wildman–Crippen LogP) is 3.45. The van der Waals surface area contributed by atoms with Gasteiger partial charge in [-0.05, 0) is 58.0 Å². The van der Waals surface area contributed by atoms with E-state index in [1.165, 1.54) is 48.0 Å². The van der Waals surface area contributed by atoms with Gasteiger partial charge in [0.15, 0.2) is 11.5 Å². The summed E-state index contributed by atoms with van der Waals surface area (Å²) in [5.74, 6) is 3.36. The first-order valence-electron chi connectivity index (χ1n) is 10.8. The van der Waals surface area contributed by atoms with Crippen LogP contribution in [0.1, 0.15) is 20.8 Å². The van der Waals surface area contributed by atoms with Crippen LogP contribution in [0.5, 0.6) is 11.5 Å². The van der Waals surface area contributed by atoms with Crippen molar-refractivity contribution in [2.24, 2.45) is 0 Å². The molecule has 4 aromatic rings. The SMILES string of the molecule is C=S(C)(=O)N[n+]1cc(C(=O)Nc2ccc(Oc3ccnc(C(=O)NC)c3)cc2)c(-c2ccc(F)cc2)s1. The van der Waals surface area contributed by atoms with Gasteiger partial charge >= 0.3 is 0 Å². The first-order valence-corrected chi connectivity index (χ1v) is 13.7. The monoisotopic (exact) mass is 540 g/mol. The quantitative estimate of drug-likeness (QED) is 0.234. The highest BCUT2D eigenvalue weighted by atomic mass is 32.2. The summed E-state index contributed by atoms with van der Waals surface area (Å²) in [6, 6.07) is 15.5. The van der Waals surface area contributed by atoms with E-state index in [2.05, 4.69) is 26.3 Å². The van der Waals surface area contributed by atoms with Gasteiger partial charge in [0.1, 0.15) is 33.5 Å². The molecule has 9 nitrogen and oxygen atoms in total. The van der Waals surface area contributed by atoms with Crippen LogP contribution in [-0.4, -0.2) is 40.2 Å². The number of aromatic nitrogens is 2. The van der Waals surface area contributed by atoms with Gasteiger partial charge in [0.25, 0.3) is 11.8 Å². The highest BCUT2D eigenvalue weighted by Crippen LogP contribution is 2.28. The number of ether oxygens (including phenoxy) is 1. The van der Waals surface area contributed by atoms with E-state index in [-0.39, 0.29) is 11.6 Å². The summed E-state index contributed by atoms with van der Waals surface area (Å²) in [6.07, 6.45) is 4.42. The van der Waals surface area contributed by atoms with Crippen molar-refractivity contribution in [1.82, 2.24) is 10.3 Å². The largest absolute Gasteiger partial charge is 0.457 e. The van der Waals surface area contributed by atoms with Crippen molar-refractivity contribution in [3.8, 4) is 21.9 Å². The zero-order valence-corrected chi connectivity index (χ0v) is 21.5. The van der Waals surface area contributed by atoms with Crippen molar-refractivity contribution in [2.45, 2.75) is 0 Å². The molecule has 37 heavy (non-hydrogen) atoms. The third-order valence-electron chi connectivity index (χ3n) is 4.85. The maximum absolute atomic E-state index is 13.4. The fourth-order valence-electron chi connectivity index (χ4n) is 3.22. The molecule has 0 saturated carbocycles. The second-order valence-corrected chi connectivity index (χ2v) is 11.1. The predicted molar refractivity (Wildman–Crippen MR) is 143 cm³/mol. The molecule has 0 spiro atoms. The molecule has 2 amide bonds. The highest BCUT2D eigenvalue weighted by molar-refractivity contribution is 8.00. The molecule has 0 saturated heterocycles. The van der Waals surface area contributed by atoms with Crippen LogP contribution in [0.4, 0.5) is 10.1 Å². The highest BCUT2D eigenvalue weighted by Gasteiger charge is 2.25. The summed E-state index contributed by atoms with van der Waals surface area (Å²) >= 11 is 1.14. The molecule has 0 aliphatic heterocycles. The molecule has 0 aliphatic rings.